The fraction of sp³-hybridized carbons (Fsp3) is 0.630. The second kappa shape index (κ2) is 12.1. The van der Waals surface area contributed by atoms with Gasteiger partial charge in [0.15, 0.2) is 0 Å². The molecule has 2 N–H and O–H groups in total. The summed E-state index contributed by atoms with van der Waals surface area (Å²) >= 11 is 0. The van der Waals surface area contributed by atoms with E-state index in [0.29, 0.717) is 26.2 Å². The summed E-state index contributed by atoms with van der Waals surface area (Å²) in [4.78, 5) is 56.1. The van der Waals surface area contributed by atoms with E-state index in [9.17, 15) is 23.6 Å². The zero-order valence-electron chi connectivity index (χ0n) is 23.6. The lowest BCUT2D eigenvalue weighted by molar-refractivity contribution is -0.136. The van der Waals surface area contributed by atoms with Gasteiger partial charge < -0.3 is 29.9 Å². The van der Waals surface area contributed by atoms with E-state index in [1.165, 1.54) is 17.0 Å². The molecule has 0 aliphatic carbocycles. The third-order valence-electron chi connectivity index (χ3n) is 6.15. The number of anilines is 1. The number of rotatable bonds is 5. The van der Waals surface area contributed by atoms with Crippen molar-refractivity contribution in [3.63, 3.8) is 0 Å². The van der Waals surface area contributed by atoms with Crippen LogP contribution >= 0.6 is 0 Å². The number of hydrogen-bond acceptors (Lipinski definition) is 7. The highest BCUT2D eigenvalue weighted by Gasteiger charge is 2.44. The molecule has 1 aromatic rings. The van der Waals surface area contributed by atoms with Crippen molar-refractivity contribution in [2.75, 3.05) is 44.2 Å². The van der Waals surface area contributed by atoms with Gasteiger partial charge in [0.1, 0.15) is 29.6 Å². The molecule has 0 spiro atoms. The number of ether oxygens (including phenoxy) is 2. The standard InChI is InChI=1S/C27H40FN5O6/c1-26(2,3)38-24(36)29-16-22(34)30-19-15-21(33(17-19)25(37)39-27(4,5)6)23(35)32-13-11-31(12-14-32)20-9-7-18(28)8-10-20/h7-10,19,21H,11-17H2,1-6H3,(H,29,36)(H,30,34)/t19-,21+/m1/s1. The molecule has 0 aromatic heterocycles. The SMILES string of the molecule is CC(C)(C)OC(=O)NCC(=O)N[C@@H]1C[C@@H](C(=O)N2CCN(c3ccc(F)cc3)CC2)N(C(=O)OC(C)(C)C)C1. The monoisotopic (exact) mass is 549 g/mol. The molecule has 2 aliphatic rings. The predicted octanol–water partition coefficient (Wildman–Crippen LogP) is 2.49. The minimum atomic E-state index is -0.804. The van der Waals surface area contributed by atoms with Crippen molar-refractivity contribution < 1.29 is 33.0 Å². The number of nitrogens with one attached hydrogen (secondary N) is 2. The number of likely N-dealkylation sites (tertiary alicyclic amines) is 1. The first-order chi connectivity index (χ1) is 18.1. The van der Waals surface area contributed by atoms with Gasteiger partial charge in [-0.05, 0) is 72.2 Å². The molecule has 1 aromatic carbocycles. The number of alkyl carbamates (subject to hydrolysis) is 1. The Hall–Kier alpha value is -3.57. The lowest BCUT2D eigenvalue weighted by Gasteiger charge is -2.38. The zero-order chi connectivity index (χ0) is 29.0. The lowest BCUT2D eigenvalue weighted by Crippen LogP contribution is -2.54. The van der Waals surface area contributed by atoms with E-state index in [0.717, 1.165) is 5.69 Å². The average molecular weight is 550 g/mol. The largest absolute Gasteiger partial charge is 0.444 e. The van der Waals surface area contributed by atoms with E-state index in [1.807, 2.05) is 0 Å². The highest BCUT2D eigenvalue weighted by atomic mass is 19.1. The molecule has 2 saturated heterocycles. The molecule has 39 heavy (non-hydrogen) atoms. The number of piperazine rings is 1. The fourth-order valence-electron chi connectivity index (χ4n) is 4.49. The van der Waals surface area contributed by atoms with Crippen LogP contribution in [0, 0.1) is 5.82 Å². The van der Waals surface area contributed by atoms with Crippen molar-refractivity contribution in [3.8, 4) is 0 Å². The molecule has 2 fully saturated rings. The molecule has 12 heteroatoms. The van der Waals surface area contributed by atoms with Crippen molar-refractivity contribution in [1.29, 1.82) is 0 Å². The number of amides is 4. The smallest absolute Gasteiger partial charge is 0.411 e. The summed E-state index contributed by atoms with van der Waals surface area (Å²) in [6.07, 6.45) is -1.13. The first kappa shape index (κ1) is 30.0. The van der Waals surface area contributed by atoms with E-state index >= 15 is 0 Å². The Morgan fingerprint density at radius 2 is 1.51 bits per heavy atom. The van der Waals surface area contributed by atoms with Crippen molar-refractivity contribution in [2.24, 2.45) is 0 Å². The van der Waals surface area contributed by atoms with E-state index < -0.39 is 41.4 Å². The lowest BCUT2D eigenvalue weighted by atomic mass is 10.1. The summed E-state index contributed by atoms with van der Waals surface area (Å²) in [5.41, 5.74) is -0.579. The molecule has 2 atom stereocenters. The fourth-order valence-corrected chi connectivity index (χ4v) is 4.49. The van der Waals surface area contributed by atoms with Gasteiger partial charge in [-0.25, -0.2) is 14.0 Å². The Balaban J connectivity index is 1.62. The van der Waals surface area contributed by atoms with Gasteiger partial charge in [0, 0.05) is 44.5 Å². The van der Waals surface area contributed by atoms with E-state index in [-0.39, 0.29) is 31.2 Å². The van der Waals surface area contributed by atoms with Gasteiger partial charge in [-0.1, -0.05) is 0 Å². The topological polar surface area (TPSA) is 121 Å². The van der Waals surface area contributed by atoms with Gasteiger partial charge in [-0.3, -0.25) is 14.5 Å². The molecule has 2 aliphatic heterocycles. The number of carbonyl (C=O) groups is 4. The van der Waals surface area contributed by atoms with Crippen LogP contribution in [0.5, 0.6) is 0 Å². The first-order valence-electron chi connectivity index (χ1n) is 13.2. The maximum Gasteiger partial charge on any atom is 0.411 e. The van der Waals surface area contributed by atoms with Crippen LogP contribution in [-0.4, -0.2) is 96.4 Å². The normalized spacial score (nSPS) is 19.9. The molecule has 0 radical (unpaired) electrons. The second-order valence-corrected chi connectivity index (χ2v) is 11.8. The summed E-state index contributed by atoms with van der Waals surface area (Å²) in [7, 11) is 0. The van der Waals surface area contributed by atoms with Crippen LogP contribution in [0.15, 0.2) is 24.3 Å². The van der Waals surface area contributed by atoms with E-state index in [2.05, 4.69) is 15.5 Å². The molecule has 11 nitrogen and oxygen atoms in total. The molecule has 0 saturated carbocycles. The number of carbonyl (C=O) groups excluding carboxylic acids is 4. The minimum absolute atomic E-state index is 0.0963. The van der Waals surface area contributed by atoms with Gasteiger partial charge in [0.2, 0.25) is 11.8 Å². The highest BCUT2D eigenvalue weighted by molar-refractivity contribution is 5.87. The average Bonchev–Trinajstić information content (AvgIpc) is 3.25. The quantitative estimate of drug-likeness (QED) is 0.579. The Morgan fingerprint density at radius 1 is 0.923 bits per heavy atom. The van der Waals surface area contributed by atoms with Crippen LogP contribution in [0.2, 0.25) is 0 Å². The highest BCUT2D eigenvalue weighted by Crippen LogP contribution is 2.25. The van der Waals surface area contributed by atoms with Gasteiger partial charge in [0.05, 0.1) is 0 Å². The third-order valence-corrected chi connectivity index (χ3v) is 6.15. The molecular formula is C27H40FN5O6. The molecule has 216 valence electrons. The molecule has 0 bridgehead atoms. The number of benzene rings is 1. The van der Waals surface area contributed by atoms with Crippen LogP contribution in [0.3, 0.4) is 0 Å². The maximum absolute atomic E-state index is 13.6. The van der Waals surface area contributed by atoms with Crippen LogP contribution in [0.25, 0.3) is 0 Å². The van der Waals surface area contributed by atoms with Crippen LogP contribution in [-0.2, 0) is 19.1 Å². The van der Waals surface area contributed by atoms with Gasteiger partial charge in [0.25, 0.3) is 0 Å². The van der Waals surface area contributed by atoms with Gasteiger partial charge in [-0.15, -0.1) is 0 Å². The van der Waals surface area contributed by atoms with Crippen molar-refractivity contribution in [1.82, 2.24) is 20.4 Å². The summed E-state index contributed by atoms with van der Waals surface area (Å²) in [6, 6.07) is 4.92. The van der Waals surface area contributed by atoms with Crippen LogP contribution < -0.4 is 15.5 Å². The molecule has 3 rings (SSSR count). The number of hydrogen-bond donors (Lipinski definition) is 2. The Bertz CT molecular complexity index is 1040. The third kappa shape index (κ3) is 9.00. The van der Waals surface area contributed by atoms with E-state index in [1.54, 1.807) is 58.6 Å². The minimum Gasteiger partial charge on any atom is -0.444 e. The Labute approximate surface area is 229 Å². The van der Waals surface area contributed by atoms with Crippen molar-refractivity contribution in [2.45, 2.75) is 71.2 Å². The Kier molecular flexibility index (Phi) is 9.29. The van der Waals surface area contributed by atoms with Crippen molar-refractivity contribution in [3.05, 3.63) is 30.1 Å². The summed E-state index contributed by atoms with van der Waals surface area (Å²) in [6.45, 7) is 12.2. The zero-order valence-corrected chi connectivity index (χ0v) is 23.6. The number of halogens is 1. The number of nitrogens with zero attached hydrogens (tertiary/aromatic N) is 3. The van der Waals surface area contributed by atoms with E-state index in [4.69, 9.17) is 9.47 Å². The van der Waals surface area contributed by atoms with Gasteiger partial charge in [-0.2, -0.15) is 0 Å². The van der Waals surface area contributed by atoms with Crippen molar-refractivity contribution >= 4 is 29.7 Å². The first-order valence-corrected chi connectivity index (χ1v) is 13.2. The van der Waals surface area contributed by atoms with Gasteiger partial charge >= 0.3 is 12.2 Å². The summed E-state index contributed by atoms with van der Waals surface area (Å²) < 4.78 is 24.0. The molecular weight excluding hydrogens is 509 g/mol. The van der Waals surface area contributed by atoms with Crippen LogP contribution in [0.1, 0.15) is 48.0 Å². The summed E-state index contributed by atoms with van der Waals surface area (Å²) in [5.74, 6) is -0.988. The predicted molar refractivity (Wildman–Crippen MR) is 143 cm³/mol. The molecule has 4 amide bonds. The molecule has 0 unspecified atom stereocenters. The Morgan fingerprint density at radius 3 is 2.08 bits per heavy atom. The summed E-state index contributed by atoms with van der Waals surface area (Å²) in [5, 5.41) is 5.20. The second-order valence-electron chi connectivity index (χ2n) is 11.8. The molecule has 2 heterocycles. The van der Waals surface area contributed by atoms with Crippen LogP contribution in [0.4, 0.5) is 19.7 Å². The maximum atomic E-state index is 13.6.